The molecule has 5 fully saturated rings. The molecule has 0 amide bonds. The topological polar surface area (TPSA) is 73.8 Å². The molecule has 0 aromatic heterocycles. The quantitative estimate of drug-likeness (QED) is 0.143. The van der Waals surface area contributed by atoms with Crippen LogP contribution >= 0.6 is 0 Å². The second kappa shape index (κ2) is 18.4. The van der Waals surface area contributed by atoms with Gasteiger partial charge in [0.2, 0.25) is 0 Å². The van der Waals surface area contributed by atoms with Gasteiger partial charge in [-0.1, -0.05) is 52.0 Å². The van der Waals surface area contributed by atoms with Crippen molar-refractivity contribution in [3.05, 3.63) is 35.4 Å². The molecular formula is C40H66O8. The highest BCUT2D eigenvalue weighted by Gasteiger charge is 2.39. The molecule has 8 heteroatoms. The number of benzene rings is 1. The Labute approximate surface area is 291 Å². The fourth-order valence-electron chi connectivity index (χ4n) is 7.07. The van der Waals surface area contributed by atoms with Gasteiger partial charge in [0.25, 0.3) is 0 Å². The maximum atomic E-state index is 6.04. The second-order valence-corrected chi connectivity index (χ2v) is 16.1. The normalized spacial score (nSPS) is 26.2. The van der Waals surface area contributed by atoms with Crippen molar-refractivity contribution in [2.24, 2.45) is 33.5 Å². The van der Waals surface area contributed by atoms with Crippen LogP contribution in [0.25, 0.3) is 0 Å². The molecule has 1 saturated carbocycles. The molecule has 48 heavy (non-hydrogen) atoms. The number of rotatable bonds is 20. The summed E-state index contributed by atoms with van der Waals surface area (Å²) in [6.45, 7) is 22.3. The highest BCUT2D eigenvalue weighted by Crippen LogP contribution is 2.36. The third-order valence-corrected chi connectivity index (χ3v) is 12.1. The first kappa shape index (κ1) is 38.1. The molecule has 4 aliphatic heterocycles. The predicted molar refractivity (Wildman–Crippen MR) is 187 cm³/mol. The van der Waals surface area contributed by atoms with Gasteiger partial charge < -0.3 is 37.9 Å². The summed E-state index contributed by atoms with van der Waals surface area (Å²) in [5, 5.41) is 0. The van der Waals surface area contributed by atoms with Crippen LogP contribution in [-0.4, -0.2) is 92.5 Å². The fourth-order valence-corrected chi connectivity index (χ4v) is 7.07. The SMILES string of the molecule is CCC1(COCC2CCC(COCC3(CC)COC3)CC2)COC1.CCC1(COCc2ccc(COCC3(CC)COC3)cc2)COC1. The van der Waals surface area contributed by atoms with Crippen molar-refractivity contribution in [2.45, 2.75) is 92.3 Å². The van der Waals surface area contributed by atoms with Gasteiger partial charge in [-0.3, -0.25) is 0 Å². The van der Waals surface area contributed by atoms with Gasteiger partial charge in [0.15, 0.2) is 0 Å². The Morgan fingerprint density at radius 3 is 0.958 bits per heavy atom. The molecule has 5 aliphatic rings. The molecule has 4 saturated heterocycles. The van der Waals surface area contributed by atoms with Crippen molar-refractivity contribution in [1.82, 2.24) is 0 Å². The maximum absolute atomic E-state index is 6.04. The lowest BCUT2D eigenvalue weighted by atomic mass is 9.82. The van der Waals surface area contributed by atoms with Gasteiger partial charge in [-0.2, -0.15) is 0 Å². The van der Waals surface area contributed by atoms with Crippen LogP contribution in [0.4, 0.5) is 0 Å². The molecule has 8 nitrogen and oxygen atoms in total. The molecule has 1 aromatic carbocycles. The van der Waals surface area contributed by atoms with Crippen LogP contribution in [0.15, 0.2) is 24.3 Å². The van der Waals surface area contributed by atoms with Crippen molar-refractivity contribution >= 4 is 0 Å². The van der Waals surface area contributed by atoms with E-state index in [1.165, 1.54) is 49.7 Å². The lowest BCUT2D eigenvalue weighted by molar-refractivity contribution is -0.155. The van der Waals surface area contributed by atoms with Crippen molar-refractivity contribution in [3.8, 4) is 0 Å². The van der Waals surface area contributed by atoms with Crippen LogP contribution in [-0.2, 0) is 51.1 Å². The van der Waals surface area contributed by atoms with Gasteiger partial charge in [-0.05, 0) is 74.3 Å². The van der Waals surface area contributed by atoms with Crippen LogP contribution in [0.3, 0.4) is 0 Å². The number of hydrogen-bond acceptors (Lipinski definition) is 8. The van der Waals surface area contributed by atoms with Gasteiger partial charge in [-0.15, -0.1) is 0 Å². The zero-order valence-electron chi connectivity index (χ0n) is 30.7. The van der Waals surface area contributed by atoms with Gasteiger partial charge >= 0.3 is 0 Å². The molecule has 0 bridgehead atoms. The first-order chi connectivity index (χ1) is 23.4. The summed E-state index contributed by atoms with van der Waals surface area (Å²) in [5.41, 5.74) is 3.59. The maximum Gasteiger partial charge on any atom is 0.0717 e. The van der Waals surface area contributed by atoms with E-state index in [0.717, 1.165) is 117 Å². The Morgan fingerprint density at radius 2 is 0.729 bits per heavy atom. The molecule has 6 rings (SSSR count). The van der Waals surface area contributed by atoms with E-state index in [1.54, 1.807) is 0 Å². The Hall–Kier alpha value is -1.10. The smallest absolute Gasteiger partial charge is 0.0717 e. The molecule has 0 atom stereocenters. The predicted octanol–water partition coefficient (Wildman–Crippen LogP) is 7.25. The van der Waals surface area contributed by atoms with Crippen molar-refractivity contribution in [3.63, 3.8) is 0 Å². The lowest BCUT2D eigenvalue weighted by Crippen LogP contribution is -2.46. The lowest BCUT2D eigenvalue weighted by Gasteiger charge is -2.41. The van der Waals surface area contributed by atoms with E-state index in [4.69, 9.17) is 37.9 Å². The molecule has 4 heterocycles. The largest absolute Gasteiger partial charge is 0.380 e. The molecule has 1 aliphatic carbocycles. The highest BCUT2D eigenvalue weighted by molar-refractivity contribution is 5.21. The van der Waals surface area contributed by atoms with E-state index in [-0.39, 0.29) is 10.8 Å². The van der Waals surface area contributed by atoms with Crippen LogP contribution in [0, 0.1) is 33.5 Å². The summed E-state index contributed by atoms with van der Waals surface area (Å²) in [6.07, 6.45) is 9.76. The third-order valence-electron chi connectivity index (χ3n) is 12.1. The average Bonchev–Trinajstić information content (AvgIpc) is 3.04. The first-order valence-corrected chi connectivity index (χ1v) is 19.1. The van der Waals surface area contributed by atoms with Crippen molar-refractivity contribution < 1.29 is 37.9 Å². The van der Waals surface area contributed by atoms with Crippen molar-refractivity contribution in [1.29, 1.82) is 0 Å². The summed E-state index contributed by atoms with van der Waals surface area (Å²) in [6, 6.07) is 8.54. The summed E-state index contributed by atoms with van der Waals surface area (Å²) < 4.78 is 45.3. The second-order valence-electron chi connectivity index (χ2n) is 16.1. The Bertz CT molecular complexity index is 931. The molecule has 1 aromatic rings. The minimum atomic E-state index is 0.258. The summed E-state index contributed by atoms with van der Waals surface area (Å²) in [4.78, 5) is 0. The highest BCUT2D eigenvalue weighted by atomic mass is 16.5. The molecular weight excluding hydrogens is 608 g/mol. The summed E-state index contributed by atoms with van der Waals surface area (Å²) in [5.74, 6) is 1.50. The van der Waals surface area contributed by atoms with E-state index < -0.39 is 0 Å². The molecule has 0 radical (unpaired) electrons. The van der Waals surface area contributed by atoms with Gasteiger partial charge in [0.05, 0.1) is 92.5 Å². The first-order valence-electron chi connectivity index (χ1n) is 19.1. The van der Waals surface area contributed by atoms with Crippen LogP contribution < -0.4 is 0 Å². The summed E-state index contributed by atoms with van der Waals surface area (Å²) in [7, 11) is 0. The van der Waals surface area contributed by atoms with E-state index in [0.29, 0.717) is 24.0 Å². The zero-order valence-corrected chi connectivity index (χ0v) is 30.7. The van der Waals surface area contributed by atoms with E-state index in [9.17, 15) is 0 Å². The minimum absolute atomic E-state index is 0.258. The number of hydrogen-bond donors (Lipinski definition) is 0. The van der Waals surface area contributed by atoms with Gasteiger partial charge in [0, 0.05) is 34.9 Å². The molecule has 274 valence electrons. The Balaban J connectivity index is 0.000000188. The van der Waals surface area contributed by atoms with Gasteiger partial charge in [-0.25, -0.2) is 0 Å². The van der Waals surface area contributed by atoms with Crippen LogP contribution in [0.5, 0.6) is 0 Å². The minimum Gasteiger partial charge on any atom is -0.380 e. The van der Waals surface area contributed by atoms with Crippen LogP contribution in [0.1, 0.15) is 90.2 Å². The van der Waals surface area contributed by atoms with E-state index in [2.05, 4.69) is 52.0 Å². The average molecular weight is 675 g/mol. The van der Waals surface area contributed by atoms with Crippen LogP contribution in [0.2, 0.25) is 0 Å². The van der Waals surface area contributed by atoms with Gasteiger partial charge in [0.1, 0.15) is 0 Å². The Morgan fingerprint density at radius 1 is 0.458 bits per heavy atom. The molecule has 0 unspecified atom stereocenters. The zero-order chi connectivity index (χ0) is 33.8. The van der Waals surface area contributed by atoms with E-state index in [1.807, 2.05) is 0 Å². The monoisotopic (exact) mass is 674 g/mol. The number of ether oxygens (including phenoxy) is 8. The third kappa shape index (κ3) is 10.5. The molecule has 0 spiro atoms. The Kier molecular flexibility index (Phi) is 14.6. The van der Waals surface area contributed by atoms with Crippen molar-refractivity contribution in [2.75, 3.05) is 92.5 Å². The fraction of sp³-hybridized carbons (Fsp3) is 0.850. The summed E-state index contributed by atoms with van der Waals surface area (Å²) >= 11 is 0. The molecule has 0 N–H and O–H groups in total. The standard InChI is InChI=1S/C20H36O4.C20H30O4/c2*1-3-19(13-23-14-19)11-21-9-17-5-7-18(8-6-17)10-22-12-20(4-2)15-24-16-20/h17-18H,3-16H2,1-2H3;5-8H,3-4,9-16H2,1-2H3. The van der Waals surface area contributed by atoms with E-state index >= 15 is 0 Å².